The SMILES string of the molecule is C=C(CCCO)C(=O)Oc1ccc(C(C)(C)c2ccc(OC(=O)C(=C)CCCO)cc2)cc1. The van der Waals surface area contributed by atoms with Crippen LogP contribution in [0, 0.1) is 0 Å². The van der Waals surface area contributed by atoms with Gasteiger partial charge in [-0.15, -0.1) is 0 Å². The third-order valence-electron chi connectivity index (χ3n) is 5.42. The Kier molecular flexibility index (Phi) is 9.57. The second-order valence-corrected chi connectivity index (χ2v) is 8.31. The van der Waals surface area contributed by atoms with Crippen molar-refractivity contribution in [1.82, 2.24) is 0 Å². The van der Waals surface area contributed by atoms with Crippen LogP contribution in [-0.2, 0) is 15.0 Å². The van der Waals surface area contributed by atoms with Crippen LogP contribution in [0.15, 0.2) is 72.8 Å². The first kappa shape index (κ1) is 26.0. The number of aliphatic hydroxyl groups excluding tert-OH is 2. The summed E-state index contributed by atoms with van der Waals surface area (Å²) in [6.07, 6.45) is 1.72. The molecule has 176 valence electrons. The maximum atomic E-state index is 12.1. The van der Waals surface area contributed by atoms with Gasteiger partial charge in [-0.05, 0) is 61.1 Å². The highest BCUT2D eigenvalue weighted by molar-refractivity contribution is 5.89. The van der Waals surface area contributed by atoms with Crippen LogP contribution in [-0.4, -0.2) is 35.4 Å². The number of aliphatic hydroxyl groups is 2. The molecule has 0 aliphatic rings. The van der Waals surface area contributed by atoms with Gasteiger partial charge in [0.2, 0.25) is 0 Å². The molecule has 2 aromatic rings. The van der Waals surface area contributed by atoms with E-state index in [2.05, 4.69) is 27.0 Å². The Labute approximate surface area is 195 Å². The van der Waals surface area contributed by atoms with E-state index in [1.54, 1.807) is 24.3 Å². The van der Waals surface area contributed by atoms with E-state index in [4.69, 9.17) is 19.7 Å². The molecule has 0 unspecified atom stereocenters. The van der Waals surface area contributed by atoms with Gasteiger partial charge < -0.3 is 19.7 Å². The summed E-state index contributed by atoms with van der Waals surface area (Å²) in [6.45, 7) is 11.5. The molecule has 33 heavy (non-hydrogen) atoms. The largest absolute Gasteiger partial charge is 0.423 e. The Hall–Kier alpha value is -3.22. The van der Waals surface area contributed by atoms with Gasteiger partial charge >= 0.3 is 11.9 Å². The van der Waals surface area contributed by atoms with Crippen LogP contribution in [0.25, 0.3) is 0 Å². The van der Waals surface area contributed by atoms with Crippen molar-refractivity contribution in [2.45, 2.75) is 44.9 Å². The first-order chi connectivity index (χ1) is 15.7. The molecule has 2 N–H and O–H groups in total. The topological polar surface area (TPSA) is 93.1 Å². The Bertz CT molecular complexity index is 891. The lowest BCUT2D eigenvalue weighted by Gasteiger charge is -2.26. The molecule has 0 saturated heterocycles. The van der Waals surface area contributed by atoms with E-state index in [1.807, 2.05) is 24.3 Å². The average molecular weight is 453 g/mol. The van der Waals surface area contributed by atoms with Crippen molar-refractivity contribution in [2.24, 2.45) is 0 Å². The number of esters is 2. The van der Waals surface area contributed by atoms with Gasteiger partial charge in [0.05, 0.1) is 0 Å². The van der Waals surface area contributed by atoms with Crippen LogP contribution in [0.1, 0.15) is 50.7 Å². The second kappa shape index (κ2) is 12.1. The molecule has 0 atom stereocenters. The third kappa shape index (κ3) is 7.41. The van der Waals surface area contributed by atoms with Crippen LogP contribution in [0.4, 0.5) is 0 Å². The summed E-state index contributed by atoms with van der Waals surface area (Å²) in [7, 11) is 0. The summed E-state index contributed by atoms with van der Waals surface area (Å²) in [6, 6.07) is 14.6. The summed E-state index contributed by atoms with van der Waals surface area (Å²) < 4.78 is 10.7. The van der Waals surface area contributed by atoms with Gasteiger partial charge in [0.25, 0.3) is 0 Å². The molecule has 6 nitrogen and oxygen atoms in total. The van der Waals surface area contributed by atoms with E-state index in [-0.39, 0.29) is 18.6 Å². The minimum Gasteiger partial charge on any atom is -0.423 e. The number of rotatable bonds is 12. The minimum absolute atomic E-state index is 0.000583. The lowest BCUT2D eigenvalue weighted by molar-refractivity contribution is -0.131. The predicted molar refractivity (Wildman–Crippen MR) is 127 cm³/mol. The quantitative estimate of drug-likeness (QED) is 0.280. The van der Waals surface area contributed by atoms with Crippen molar-refractivity contribution in [2.75, 3.05) is 13.2 Å². The summed E-state index contributed by atoms with van der Waals surface area (Å²) in [5.41, 5.74) is 2.34. The highest BCUT2D eigenvalue weighted by Gasteiger charge is 2.23. The van der Waals surface area contributed by atoms with E-state index < -0.39 is 11.9 Å². The van der Waals surface area contributed by atoms with Crippen LogP contribution < -0.4 is 9.47 Å². The zero-order valence-electron chi connectivity index (χ0n) is 19.3. The number of hydrogen-bond acceptors (Lipinski definition) is 6. The first-order valence-electron chi connectivity index (χ1n) is 10.9. The van der Waals surface area contributed by atoms with E-state index in [0.717, 1.165) is 11.1 Å². The molecule has 2 aromatic carbocycles. The highest BCUT2D eigenvalue weighted by Crippen LogP contribution is 2.33. The van der Waals surface area contributed by atoms with Crippen molar-refractivity contribution in [1.29, 1.82) is 0 Å². The monoisotopic (exact) mass is 452 g/mol. The Balaban J connectivity index is 2.04. The van der Waals surface area contributed by atoms with Crippen LogP contribution in [0.5, 0.6) is 11.5 Å². The number of benzene rings is 2. The summed E-state index contributed by atoms with van der Waals surface area (Å²) in [4.78, 5) is 24.1. The van der Waals surface area contributed by atoms with E-state index in [1.165, 1.54) is 0 Å². The standard InChI is InChI=1S/C27H32O6/c1-19(7-5-17-28)25(30)32-23-13-9-21(10-14-23)27(3,4)22-11-15-24(16-12-22)33-26(31)20(2)8-6-18-29/h9-16,28-29H,1-2,5-8,17-18H2,3-4H3. The molecule has 0 bridgehead atoms. The summed E-state index contributed by atoms with van der Waals surface area (Å²) in [5.74, 6) is -0.152. The fraction of sp³-hybridized carbons (Fsp3) is 0.333. The normalized spacial score (nSPS) is 11.0. The van der Waals surface area contributed by atoms with Crippen LogP contribution in [0.3, 0.4) is 0 Å². The molecule has 0 radical (unpaired) electrons. The lowest BCUT2D eigenvalue weighted by Crippen LogP contribution is -2.19. The molecular weight excluding hydrogens is 420 g/mol. The zero-order chi connectivity index (χ0) is 24.4. The van der Waals surface area contributed by atoms with Crippen molar-refractivity contribution in [3.63, 3.8) is 0 Å². The predicted octanol–water partition coefficient (Wildman–Crippen LogP) is 4.48. The van der Waals surface area contributed by atoms with Crippen molar-refractivity contribution in [3.8, 4) is 11.5 Å². The Morgan fingerprint density at radius 1 is 0.727 bits per heavy atom. The molecule has 0 spiro atoms. The molecule has 0 saturated carbocycles. The van der Waals surface area contributed by atoms with Crippen LogP contribution >= 0.6 is 0 Å². The maximum Gasteiger partial charge on any atom is 0.338 e. The number of carbonyl (C=O) groups excluding carboxylic acids is 2. The molecular formula is C27H32O6. The molecule has 0 aliphatic carbocycles. The first-order valence-corrected chi connectivity index (χ1v) is 10.9. The Morgan fingerprint density at radius 3 is 1.36 bits per heavy atom. The summed E-state index contributed by atoms with van der Waals surface area (Å²) in [5, 5.41) is 17.7. The fourth-order valence-corrected chi connectivity index (χ4v) is 3.19. The van der Waals surface area contributed by atoms with E-state index >= 15 is 0 Å². The lowest BCUT2D eigenvalue weighted by atomic mass is 9.78. The second-order valence-electron chi connectivity index (χ2n) is 8.31. The molecule has 0 heterocycles. The molecule has 2 rings (SSSR count). The average Bonchev–Trinajstić information content (AvgIpc) is 2.81. The summed E-state index contributed by atoms with van der Waals surface area (Å²) >= 11 is 0. The van der Waals surface area contributed by atoms with Gasteiger partial charge in [-0.25, -0.2) is 9.59 Å². The maximum absolute atomic E-state index is 12.1. The van der Waals surface area contributed by atoms with Gasteiger partial charge in [0.15, 0.2) is 0 Å². The fourth-order valence-electron chi connectivity index (χ4n) is 3.19. The minimum atomic E-state index is -0.500. The third-order valence-corrected chi connectivity index (χ3v) is 5.42. The van der Waals surface area contributed by atoms with Gasteiger partial charge in [0, 0.05) is 29.8 Å². The van der Waals surface area contributed by atoms with Gasteiger partial charge in [-0.1, -0.05) is 51.3 Å². The molecule has 0 aliphatic heterocycles. The van der Waals surface area contributed by atoms with Gasteiger partial charge in [-0.2, -0.15) is 0 Å². The number of hydrogen-bond donors (Lipinski definition) is 2. The molecule has 0 fully saturated rings. The van der Waals surface area contributed by atoms with E-state index in [9.17, 15) is 9.59 Å². The van der Waals surface area contributed by atoms with Crippen LogP contribution in [0.2, 0.25) is 0 Å². The van der Waals surface area contributed by atoms with Gasteiger partial charge in [-0.3, -0.25) is 0 Å². The number of ether oxygens (including phenoxy) is 2. The zero-order valence-corrected chi connectivity index (χ0v) is 19.3. The number of carbonyl (C=O) groups is 2. The molecule has 0 amide bonds. The van der Waals surface area contributed by atoms with Crippen molar-refractivity contribution < 1.29 is 29.3 Å². The highest BCUT2D eigenvalue weighted by atomic mass is 16.5. The Morgan fingerprint density at radius 2 is 1.06 bits per heavy atom. The smallest absolute Gasteiger partial charge is 0.338 e. The van der Waals surface area contributed by atoms with Gasteiger partial charge in [0.1, 0.15) is 11.5 Å². The van der Waals surface area contributed by atoms with E-state index in [0.29, 0.717) is 48.3 Å². The molecule has 6 heteroatoms. The van der Waals surface area contributed by atoms with Crippen molar-refractivity contribution in [3.05, 3.63) is 84.0 Å². The molecule has 0 aromatic heterocycles. The van der Waals surface area contributed by atoms with Crippen molar-refractivity contribution >= 4 is 11.9 Å².